The van der Waals surface area contributed by atoms with E-state index in [0.717, 1.165) is 25.7 Å². The summed E-state index contributed by atoms with van der Waals surface area (Å²) in [5.74, 6) is -0.00738. The molecule has 1 amide bonds. The van der Waals surface area contributed by atoms with Crippen molar-refractivity contribution >= 4 is 40.2 Å². The molecule has 1 aliphatic rings. The van der Waals surface area contributed by atoms with E-state index in [-0.39, 0.29) is 28.9 Å². The molecule has 8 heteroatoms. The van der Waals surface area contributed by atoms with Crippen molar-refractivity contribution in [3.63, 3.8) is 0 Å². The fraction of sp³-hybridized carbons (Fsp3) is 0.609. The van der Waals surface area contributed by atoms with Crippen LogP contribution in [0.3, 0.4) is 0 Å². The summed E-state index contributed by atoms with van der Waals surface area (Å²) in [7, 11) is 0. The van der Waals surface area contributed by atoms with Gasteiger partial charge in [0, 0.05) is 24.2 Å². The molecular weight excluding hydrogens is 434 g/mol. The fourth-order valence-electron chi connectivity index (χ4n) is 3.78. The molecular formula is C23H32ClN3O3S. The quantitative estimate of drug-likeness (QED) is 0.327. The van der Waals surface area contributed by atoms with Crippen LogP contribution in [0, 0.1) is 0 Å². The van der Waals surface area contributed by atoms with E-state index in [0.29, 0.717) is 40.7 Å². The van der Waals surface area contributed by atoms with E-state index in [2.05, 4.69) is 5.32 Å². The molecule has 2 aromatic rings. The maximum absolute atomic E-state index is 13.2. The lowest BCUT2D eigenvalue weighted by molar-refractivity contribution is -0.121. The number of rotatable bonds is 9. The van der Waals surface area contributed by atoms with E-state index in [4.69, 9.17) is 21.3 Å². The molecule has 1 aromatic heterocycles. The smallest absolute Gasteiger partial charge is 0.262 e. The molecule has 0 radical (unpaired) electrons. The van der Waals surface area contributed by atoms with Crippen LogP contribution in [0.1, 0.15) is 59.3 Å². The van der Waals surface area contributed by atoms with Gasteiger partial charge < -0.3 is 10.1 Å². The lowest BCUT2D eigenvalue weighted by Crippen LogP contribution is -2.40. The number of nitrogens with one attached hydrogen (secondary N) is 1. The van der Waals surface area contributed by atoms with E-state index < -0.39 is 0 Å². The molecule has 6 nitrogen and oxygen atoms in total. The third-order valence-electron chi connectivity index (χ3n) is 5.46. The number of thioether (sulfide) groups is 1. The molecule has 0 spiro atoms. The molecule has 1 atom stereocenters. The first-order chi connectivity index (χ1) is 14.8. The fourth-order valence-corrected chi connectivity index (χ4v) is 4.89. The van der Waals surface area contributed by atoms with Gasteiger partial charge in [0.2, 0.25) is 5.91 Å². The maximum Gasteiger partial charge on any atom is 0.262 e. The van der Waals surface area contributed by atoms with Gasteiger partial charge in [0.1, 0.15) is 0 Å². The number of aromatic nitrogens is 2. The number of hydrogen-bond donors (Lipinski definition) is 1. The molecule has 1 fully saturated rings. The lowest BCUT2D eigenvalue weighted by atomic mass is 9.95. The zero-order valence-corrected chi connectivity index (χ0v) is 20.1. The maximum atomic E-state index is 13.2. The summed E-state index contributed by atoms with van der Waals surface area (Å²) in [5.41, 5.74) is 0.433. The SMILES string of the molecule is CC(C)OCCCn1c(SC(C)C(=O)NC2CCCCC2)nc2cc(Cl)ccc2c1=O. The Morgan fingerprint density at radius 2 is 2.03 bits per heavy atom. The van der Waals surface area contributed by atoms with E-state index in [1.807, 2.05) is 20.8 Å². The van der Waals surface area contributed by atoms with Crippen LogP contribution in [0.25, 0.3) is 10.9 Å². The van der Waals surface area contributed by atoms with Crippen molar-refractivity contribution in [1.82, 2.24) is 14.9 Å². The zero-order valence-electron chi connectivity index (χ0n) is 18.5. The summed E-state index contributed by atoms with van der Waals surface area (Å²) in [6.07, 6.45) is 6.48. The van der Waals surface area contributed by atoms with Gasteiger partial charge in [-0.3, -0.25) is 14.2 Å². The predicted molar refractivity (Wildman–Crippen MR) is 127 cm³/mol. The molecule has 0 bridgehead atoms. The van der Waals surface area contributed by atoms with E-state index in [1.165, 1.54) is 18.2 Å². The number of ether oxygens (including phenoxy) is 1. The first-order valence-electron chi connectivity index (χ1n) is 11.1. The van der Waals surface area contributed by atoms with E-state index in [1.54, 1.807) is 22.8 Å². The van der Waals surface area contributed by atoms with Crippen molar-refractivity contribution in [3.8, 4) is 0 Å². The highest BCUT2D eigenvalue weighted by Gasteiger charge is 2.23. The Labute approximate surface area is 193 Å². The predicted octanol–water partition coefficient (Wildman–Crippen LogP) is 4.79. The molecule has 3 rings (SSSR count). The van der Waals surface area contributed by atoms with Gasteiger partial charge in [-0.25, -0.2) is 4.98 Å². The highest BCUT2D eigenvalue weighted by Crippen LogP contribution is 2.25. The number of halogens is 1. The summed E-state index contributed by atoms with van der Waals surface area (Å²) < 4.78 is 7.29. The second-order valence-corrected chi connectivity index (χ2v) is 10.1. The topological polar surface area (TPSA) is 73.2 Å². The average Bonchev–Trinajstić information content (AvgIpc) is 2.73. The van der Waals surface area contributed by atoms with Crippen molar-refractivity contribution in [3.05, 3.63) is 33.6 Å². The molecule has 0 saturated heterocycles. The van der Waals surface area contributed by atoms with Crippen molar-refractivity contribution in [2.24, 2.45) is 0 Å². The van der Waals surface area contributed by atoms with Crippen molar-refractivity contribution in [2.75, 3.05) is 6.61 Å². The van der Waals surface area contributed by atoms with Gasteiger partial charge in [-0.2, -0.15) is 0 Å². The normalized spacial score (nSPS) is 16.0. The van der Waals surface area contributed by atoms with Crippen LogP contribution in [0.5, 0.6) is 0 Å². The highest BCUT2D eigenvalue weighted by molar-refractivity contribution is 8.00. The minimum atomic E-state index is -0.358. The van der Waals surface area contributed by atoms with Crippen molar-refractivity contribution < 1.29 is 9.53 Å². The van der Waals surface area contributed by atoms with Crippen LogP contribution < -0.4 is 10.9 Å². The minimum Gasteiger partial charge on any atom is -0.379 e. The molecule has 1 heterocycles. The van der Waals surface area contributed by atoms with E-state index >= 15 is 0 Å². The molecule has 170 valence electrons. The zero-order chi connectivity index (χ0) is 22.4. The van der Waals surface area contributed by atoms with Gasteiger partial charge in [-0.1, -0.05) is 42.6 Å². The van der Waals surface area contributed by atoms with E-state index in [9.17, 15) is 9.59 Å². The third kappa shape index (κ3) is 6.70. The number of carbonyl (C=O) groups excluding carboxylic acids is 1. The van der Waals surface area contributed by atoms with Crippen molar-refractivity contribution in [1.29, 1.82) is 0 Å². The summed E-state index contributed by atoms with van der Waals surface area (Å²) in [6.45, 7) is 6.88. The second-order valence-electron chi connectivity index (χ2n) is 8.39. The average molecular weight is 466 g/mol. The van der Waals surface area contributed by atoms with Crippen LogP contribution in [-0.4, -0.2) is 39.5 Å². The first kappa shape index (κ1) is 24.1. The Morgan fingerprint density at radius 1 is 1.29 bits per heavy atom. The number of hydrogen-bond acceptors (Lipinski definition) is 5. The summed E-state index contributed by atoms with van der Waals surface area (Å²) >= 11 is 7.45. The van der Waals surface area contributed by atoms with Gasteiger partial charge in [0.15, 0.2) is 5.16 Å². The van der Waals surface area contributed by atoms with Gasteiger partial charge in [0.05, 0.1) is 22.3 Å². The third-order valence-corrected chi connectivity index (χ3v) is 6.79. The minimum absolute atomic E-state index is 0.00738. The molecule has 1 unspecified atom stereocenters. The standard InChI is InChI=1S/C23H32ClN3O3S/c1-15(2)30-13-7-12-27-22(29)19-11-10-17(24)14-20(19)26-23(27)31-16(3)21(28)25-18-8-5-4-6-9-18/h10-11,14-16,18H,4-9,12-13H2,1-3H3,(H,25,28). The number of amides is 1. The molecule has 31 heavy (non-hydrogen) atoms. The Balaban J connectivity index is 1.80. The number of benzene rings is 1. The second kappa shape index (κ2) is 11.3. The molecule has 1 aromatic carbocycles. The Morgan fingerprint density at radius 3 is 2.74 bits per heavy atom. The van der Waals surface area contributed by atoms with Crippen LogP contribution in [0.2, 0.25) is 5.02 Å². The lowest BCUT2D eigenvalue weighted by Gasteiger charge is -2.24. The van der Waals surface area contributed by atoms with Crippen LogP contribution >= 0.6 is 23.4 Å². The van der Waals surface area contributed by atoms with Gasteiger partial charge in [0.25, 0.3) is 5.56 Å². The monoisotopic (exact) mass is 465 g/mol. The summed E-state index contributed by atoms with van der Waals surface area (Å²) in [6, 6.07) is 5.36. The van der Waals surface area contributed by atoms with Crippen LogP contribution in [0.4, 0.5) is 0 Å². The van der Waals surface area contributed by atoms with Gasteiger partial charge in [-0.15, -0.1) is 0 Å². The molecule has 1 N–H and O–H groups in total. The Bertz CT molecular complexity index is 957. The summed E-state index contributed by atoms with van der Waals surface area (Å²) in [4.78, 5) is 30.7. The molecule has 0 aliphatic heterocycles. The summed E-state index contributed by atoms with van der Waals surface area (Å²) in [5, 5.41) is 4.40. The first-order valence-corrected chi connectivity index (χ1v) is 12.4. The number of nitrogens with zero attached hydrogens (tertiary/aromatic N) is 2. The Hall–Kier alpha value is -1.57. The van der Waals surface area contributed by atoms with Crippen LogP contribution in [0.15, 0.2) is 28.2 Å². The van der Waals surface area contributed by atoms with Gasteiger partial charge >= 0.3 is 0 Å². The Kier molecular flexibility index (Phi) is 8.81. The number of fused-ring (bicyclic) bond motifs is 1. The molecule has 1 saturated carbocycles. The van der Waals surface area contributed by atoms with Gasteiger partial charge in [-0.05, 0) is 58.2 Å². The van der Waals surface area contributed by atoms with Crippen molar-refractivity contribution in [2.45, 2.75) is 88.4 Å². The highest BCUT2D eigenvalue weighted by atomic mass is 35.5. The van der Waals surface area contributed by atoms with Crippen LogP contribution in [-0.2, 0) is 16.1 Å². The largest absolute Gasteiger partial charge is 0.379 e. The number of carbonyl (C=O) groups is 1. The molecule has 1 aliphatic carbocycles.